The van der Waals surface area contributed by atoms with Crippen LogP contribution in [0.15, 0.2) is 36.7 Å². The molecule has 11 heteroatoms. The van der Waals surface area contributed by atoms with Crippen molar-refractivity contribution in [1.82, 2.24) is 9.97 Å². The second kappa shape index (κ2) is 7.05. The van der Waals surface area contributed by atoms with Crippen LogP contribution in [0.2, 0.25) is 0 Å². The number of rotatable bonds is 5. The van der Waals surface area contributed by atoms with Gasteiger partial charge in [0, 0.05) is 12.4 Å². The number of ether oxygens (including phenoxy) is 1. The molecule has 134 valence electrons. The highest BCUT2D eigenvalue weighted by atomic mass is 32.2. The van der Waals surface area contributed by atoms with E-state index in [1.807, 2.05) is 4.72 Å². The summed E-state index contributed by atoms with van der Waals surface area (Å²) < 4.78 is 69.7. The van der Waals surface area contributed by atoms with Gasteiger partial charge in [-0.15, -0.1) is 0 Å². The molecule has 7 nitrogen and oxygen atoms in total. The van der Waals surface area contributed by atoms with Gasteiger partial charge in [0.25, 0.3) is 0 Å². The van der Waals surface area contributed by atoms with Crippen molar-refractivity contribution in [2.45, 2.75) is 11.9 Å². The molecule has 0 saturated carbocycles. The third-order valence-corrected chi connectivity index (χ3v) is 4.19. The van der Waals surface area contributed by atoms with Gasteiger partial charge in [0.1, 0.15) is 0 Å². The standard InChI is InChI=1S/C14H12F3N3O4S/c1-24-13(21)11-12(19-7-6-18-11)20-25(22,23)8-9-4-2-3-5-10(9)14(15,16)17/h2-7H,8H2,1H3,(H,19,20). The van der Waals surface area contributed by atoms with E-state index in [-0.39, 0.29) is 0 Å². The first-order chi connectivity index (χ1) is 11.6. The number of methoxy groups -OCH3 is 1. The number of anilines is 1. The van der Waals surface area contributed by atoms with Crippen molar-refractivity contribution in [3.63, 3.8) is 0 Å². The minimum absolute atomic E-state index is 0.405. The highest BCUT2D eigenvalue weighted by Gasteiger charge is 2.34. The molecule has 0 fully saturated rings. The molecule has 0 aliphatic carbocycles. The summed E-state index contributed by atoms with van der Waals surface area (Å²) in [5.41, 5.74) is -1.91. The second-order valence-electron chi connectivity index (χ2n) is 4.76. The maximum absolute atomic E-state index is 13.0. The fourth-order valence-electron chi connectivity index (χ4n) is 1.97. The van der Waals surface area contributed by atoms with Crippen LogP contribution in [0.5, 0.6) is 0 Å². The van der Waals surface area contributed by atoms with Gasteiger partial charge < -0.3 is 4.74 Å². The molecule has 2 rings (SSSR count). The van der Waals surface area contributed by atoms with Crippen molar-refractivity contribution in [3.05, 3.63) is 53.5 Å². The maximum atomic E-state index is 13.0. The fourth-order valence-corrected chi connectivity index (χ4v) is 3.15. The summed E-state index contributed by atoms with van der Waals surface area (Å²) in [4.78, 5) is 18.9. The molecule has 1 heterocycles. The number of hydrogen-bond acceptors (Lipinski definition) is 6. The summed E-state index contributed by atoms with van der Waals surface area (Å²) in [6.45, 7) is 0. The zero-order valence-corrected chi connectivity index (χ0v) is 13.6. The molecule has 0 bridgehead atoms. The van der Waals surface area contributed by atoms with E-state index in [9.17, 15) is 26.4 Å². The highest BCUT2D eigenvalue weighted by molar-refractivity contribution is 7.91. The van der Waals surface area contributed by atoms with Gasteiger partial charge in [-0.3, -0.25) is 4.72 Å². The Morgan fingerprint density at radius 3 is 2.48 bits per heavy atom. The number of benzene rings is 1. The Labute approximate surface area is 140 Å². The Kier molecular flexibility index (Phi) is 5.26. The Bertz CT molecular complexity index is 885. The Morgan fingerprint density at radius 1 is 1.20 bits per heavy atom. The van der Waals surface area contributed by atoms with E-state index in [4.69, 9.17) is 0 Å². The lowest BCUT2D eigenvalue weighted by Gasteiger charge is -2.14. The number of alkyl halides is 3. The van der Waals surface area contributed by atoms with Crippen LogP contribution in [0.4, 0.5) is 19.0 Å². The topological polar surface area (TPSA) is 98.2 Å². The quantitative estimate of drug-likeness (QED) is 0.805. The molecule has 1 N–H and O–H groups in total. The van der Waals surface area contributed by atoms with Crippen molar-refractivity contribution < 1.29 is 31.1 Å². The van der Waals surface area contributed by atoms with Crippen molar-refractivity contribution in [1.29, 1.82) is 0 Å². The van der Waals surface area contributed by atoms with E-state index in [1.54, 1.807) is 0 Å². The minimum atomic E-state index is -4.70. The third kappa shape index (κ3) is 4.66. The van der Waals surface area contributed by atoms with Crippen molar-refractivity contribution in [2.24, 2.45) is 0 Å². The zero-order valence-electron chi connectivity index (χ0n) is 12.7. The lowest BCUT2D eigenvalue weighted by Crippen LogP contribution is -2.21. The summed E-state index contributed by atoms with van der Waals surface area (Å²) in [5.74, 6) is -2.33. The van der Waals surface area contributed by atoms with Crippen LogP contribution in [0.1, 0.15) is 21.6 Å². The van der Waals surface area contributed by atoms with Gasteiger partial charge in [-0.25, -0.2) is 23.2 Å². The number of nitrogens with zero attached hydrogens (tertiary/aromatic N) is 2. The van der Waals surface area contributed by atoms with E-state index in [2.05, 4.69) is 14.7 Å². The Balaban J connectivity index is 2.33. The van der Waals surface area contributed by atoms with Crippen molar-refractivity contribution in [2.75, 3.05) is 11.8 Å². The van der Waals surface area contributed by atoms with Gasteiger partial charge in [0.15, 0.2) is 11.5 Å². The zero-order chi connectivity index (χ0) is 18.7. The predicted octanol–water partition coefficient (Wildman–Crippen LogP) is 2.22. The number of esters is 1. The Hall–Kier alpha value is -2.69. The predicted molar refractivity (Wildman–Crippen MR) is 81.1 cm³/mol. The molecule has 0 radical (unpaired) electrons. The van der Waals surface area contributed by atoms with E-state index >= 15 is 0 Å². The van der Waals surface area contributed by atoms with Crippen molar-refractivity contribution in [3.8, 4) is 0 Å². The minimum Gasteiger partial charge on any atom is -0.464 e. The summed E-state index contributed by atoms with van der Waals surface area (Å²) in [5, 5.41) is 0. The Morgan fingerprint density at radius 2 is 1.84 bits per heavy atom. The summed E-state index contributed by atoms with van der Waals surface area (Å²) >= 11 is 0. The van der Waals surface area contributed by atoms with Gasteiger partial charge in [0.05, 0.1) is 18.4 Å². The lowest BCUT2D eigenvalue weighted by atomic mass is 10.1. The molecule has 0 saturated heterocycles. The van der Waals surface area contributed by atoms with Crippen LogP contribution in [-0.4, -0.2) is 31.5 Å². The number of hydrogen-bond donors (Lipinski definition) is 1. The maximum Gasteiger partial charge on any atom is 0.416 e. The first kappa shape index (κ1) is 18.6. The smallest absolute Gasteiger partial charge is 0.416 e. The number of sulfonamides is 1. The number of aromatic nitrogens is 2. The molecular formula is C14H12F3N3O4S. The summed E-state index contributed by atoms with van der Waals surface area (Å²) in [6.07, 6.45) is -2.44. The largest absolute Gasteiger partial charge is 0.464 e. The summed E-state index contributed by atoms with van der Waals surface area (Å²) in [6, 6.07) is 4.29. The molecule has 1 aromatic heterocycles. The van der Waals surface area contributed by atoms with Gasteiger partial charge in [-0.1, -0.05) is 18.2 Å². The van der Waals surface area contributed by atoms with Crippen LogP contribution in [0.25, 0.3) is 0 Å². The summed E-state index contributed by atoms with van der Waals surface area (Å²) in [7, 11) is -3.23. The number of carbonyl (C=O) groups excluding carboxylic acids is 1. The second-order valence-corrected chi connectivity index (χ2v) is 6.48. The van der Waals surface area contributed by atoms with Crippen molar-refractivity contribution >= 4 is 21.8 Å². The molecule has 0 aliphatic heterocycles. The average Bonchev–Trinajstić information content (AvgIpc) is 2.53. The first-order valence-corrected chi connectivity index (χ1v) is 8.34. The van der Waals surface area contributed by atoms with Crippen LogP contribution in [0, 0.1) is 0 Å². The van der Waals surface area contributed by atoms with Gasteiger partial charge >= 0.3 is 12.1 Å². The van der Waals surface area contributed by atoms with Gasteiger partial charge in [-0.05, 0) is 11.6 Å². The monoisotopic (exact) mass is 375 g/mol. The van der Waals surface area contributed by atoms with Crippen LogP contribution < -0.4 is 4.72 Å². The number of carbonyl (C=O) groups is 1. The number of halogens is 3. The van der Waals surface area contributed by atoms with Crippen LogP contribution in [0.3, 0.4) is 0 Å². The van der Waals surface area contributed by atoms with E-state index in [0.717, 1.165) is 37.7 Å². The number of nitrogens with one attached hydrogen (secondary N) is 1. The molecule has 25 heavy (non-hydrogen) atoms. The van der Waals surface area contributed by atoms with Gasteiger partial charge in [0.2, 0.25) is 10.0 Å². The fraction of sp³-hybridized carbons (Fsp3) is 0.214. The molecule has 2 aromatic rings. The third-order valence-electron chi connectivity index (χ3n) is 3.00. The molecule has 1 aromatic carbocycles. The average molecular weight is 375 g/mol. The molecule has 0 atom stereocenters. The van der Waals surface area contributed by atoms with Gasteiger partial charge in [-0.2, -0.15) is 13.2 Å². The molecule has 0 spiro atoms. The molecular weight excluding hydrogens is 363 g/mol. The van der Waals surface area contributed by atoms with E-state index < -0.39 is 50.6 Å². The molecule has 0 unspecified atom stereocenters. The molecule has 0 amide bonds. The normalized spacial score (nSPS) is 11.8. The highest BCUT2D eigenvalue weighted by Crippen LogP contribution is 2.32. The van der Waals surface area contributed by atoms with E-state index in [0.29, 0.717) is 0 Å². The van der Waals surface area contributed by atoms with Crippen LogP contribution in [-0.2, 0) is 26.7 Å². The SMILES string of the molecule is COC(=O)c1nccnc1NS(=O)(=O)Cc1ccccc1C(F)(F)F. The lowest BCUT2D eigenvalue weighted by molar-refractivity contribution is -0.138. The first-order valence-electron chi connectivity index (χ1n) is 6.69. The van der Waals surface area contributed by atoms with Crippen LogP contribution >= 0.6 is 0 Å². The molecule has 0 aliphatic rings. The van der Waals surface area contributed by atoms with E-state index in [1.165, 1.54) is 6.07 Å².